The van der Waals surface area contributed by atoms with Crippen molar-refractivity contribution in [2.45, 2.75) is 12.5 Å². The van der Waals surface area contributed by atoms with E-state index in [0.29, 0.717) is 26.2 Å². The lowest BCUT2D eigenvalue weighted by atomic mass is 10.1. The van der Waals surface area contributed by atoms with Gasteiger partial charge in [-0.2, -0.15) is 0 Å². The second kappa shape index (κ2) is 6.76. The van der Waals surface area contributed by atoms with Crippen molar-refractivity contribution < 1.29 is 14.3 Å². The van der Waals surface area contributed by atoms with Crippen LogP contribution >= 0.6 is 0 Å². The molecule has 0 spiro atoms. The first-order valence-electron chi connectivity index (χ1n) is 8.58. The van der Waals surface area contributed by atoms with E-state index < -0.39 is 0 Å². The largest absolute Gasteiger partial charge is 0.486 e. The summed E-state index contributed by atoms with van der Waals surface area (Å²) in [5, 5.41) is 3.36. The van der Waals surface area contributed by atoms with E-state index in [1.165, 1.54) is 0 Å². The molecular formula is C18H22N4O3. The van der Waals surface area contributed by atoms with Crippen LogP contribution < -0.4 is 14.8 Å². The molecule has 0 aliphatic carbocycles. The molecule has 2 aliphatic heterocycles. The summed E-state index contributed by atoms with van der Waals surface area (Å²) in [5.41, 5.74) is 0.936. The molecule has 0 radical (unpaired) electrons. The maximum Gasteiger partial charge on any atom is 0.227 e. The molecule has 0 saturated carbocycles. The van der Waals surface area contributed by atoms with Crippen molar-refractivity contribution in [3.63, 3.8) is 0 Å². The number of hydrogen-bond acceptors (Lipinski definition) is 5. The van der Waals surface area contributed by atoms with Crippen LogP contribution in [-0.2, 0) is 18.3 Å². The lowest BCUT2D eigenvalue weighted by molar-refractivity contribution is -0.134. The van der Waals surface area contributed by atoms with E-state index in [0.717, 1.165) is 36.0 Å². The molecule has 132 valence electrons. The molecule has 1 atom stereocenters. The molecule has 1 fully saturated rings. The molecule has 25 heavy (non-hydrogen) atoms. The first-order chi connectivity index (χ1) is 12.2. The van der Waals surface area contributed by atoms with E-state index >= 15 is 0 Å². The van der Waals surface area contributed by atoms with Crippen LogP contribution in [0.1, 0.15) is 17.4 Å². The maximum absolute atomic E-state index is 12.9. The van der Waals surface area contributed by atoms with E-state index in [9.17, 15) is 4.79 Å². The van der Waals surface area contributed by atoms with Gasteiger partial charge in [0.1, 0.15) is 25.1 Å². The highest BCUT2D eigenvalue weighted by Crippen LogP contribution is 2.31. The molecule has 1 aromatic carbocycles. The van der Waals surface area contributed by atoms with Crippen molar-refractivity contribution in [3.05, 3.63) is 42.0 Å². The second-order valence-electron chi connectivity index (χ2n) is 6.36. The van der Waals surface area contributed by atoms with Gasteiger partial charge in [-0.1, -0.05) is 6.07 Å². The number of fused-ring (bicyclic) bond motifs is 1. The Morgan fingerprint density at radius 1 is 1.32 bits per heavy atom. The average molecular weight is 342 g/mol. The number of amides is 1. The monoisotopic (exact) mass is 342 g/mol. The quantitative estimate of drug-likeness (QED) is 0.898. The van der Waals surface area contributed by atoms with Gasteiger partial charge in [-0.15, -0.1) is 0 Å². The fraction of sp³-hybridized carbons (Fsp3) is 0.444. The van der Waals surface area contributed by atoms with Crippen LogP contribution in [0.3, 0.4) is 0 Å². The fourth-order valence-electron chi connectivity index (χ4n) is 3.41. The van der Waals surface area contributed by atoms with Crippen molar-refractivity contribution >= 4 is 5.91 Å². The van der Waals surface area contributed by atoms with Gasteiger partial charge in [-0.3, -0.25) is 4.79 Å². The number of aryl methyl sites for hydroxylation is 1. The topological polar surface area (TPSA) is 68.6 Å². The Kier molecular flexibility index (Phi) is 4.31. The number of benzene rings is 1. The number of aromatic nitrogens is 2. The van der Waals surface area contributed by atoms with Gasteiger partial charge >= 0.3 is 0 Å². The minimum absolute atomic E-state index is 0.0431. The van der Waals surface area contributed by atoms with Crippen LogP contribution in [-0.4, -0.2) is 53.2 Å². The smallest absolute Gasteiger partial charge is 0.227 e. The van der Waals surface area contributed by atoms with E-state index in [2.05, 4.69) is 10.3 Å². The zero-order valence-corrected chi connectivity index (χ0v) is 14.3. The summed E-state index contributed by atoms with van der Waals surface area (Å²) in [7, 11) is 1.96. The zero-order chi connectivity index (χ0) is 17.2. The third-order valence-electron chi connectivity index (χ3n) is 4.68. The number of nitrogens with zero attached hydrogens (tertiary/aromatic N) is 3. The van der Waals surface area contributed by atoms with Crippen molar-refractivity contribution in [1.29, 1.82) is 0 Å². The molecule has 2 aromatic rings. The zero-order valence-electron chi connectivity index (χ0n) is 14.3. The predicted molar refractivity (Wildman–Crippen MR) is 91.7 cm³/mol. The van der Waals surface area contributed by atoms with Gasteiger partial charge < -0.3 is 24.3 Å². The highest BCUT2D eigenvalue weighted by Gasteiger charge is 2.30. The number of ether oxygens (including phenoxy) is 2. The number of nitrogens with one attached hydrogen (secondary N) is 1. The third kappa shape index (κ3) is 3.19. The third-order valence-corrected chi connectivity index (χ3v) is 4.68. The Labute approximate surface area is 146 Å². The van der Waals surface area contributed by atoms with Gasteiger partial charge in [-0.05, 0) is 17.7 Å². The number of rotatable bonds is 3. The van der Waals surface area contributed by atoms with Gasteiger partial charge in [0, 0.05) is 39.1 Å². The van der Waals surface area contributed by atoms with E-state index in [1.54, 1.807) is 6.20 Å². The summed E-state index contributed by atoms with van der Waals surface area (Å²) < 4.78 is 13.1. The lowest BCUT2D eigenvalue weighted by Crippen LogP contribution is -2.49. The molecule has 1 aromatic heterocycles. The Morgan fingerprint density at radius 3 is 2.96 bits per heavy atom. The number of carbonyl (C=O) groups is 1. The van der Waals surface area contributed by atoms with Crippen LogP contribution in [0, 0.1) is 0 Å². The molecule has 4 rings (SSSR count). The summed E-state index contributed by atoms with van der Waals surface area (Å²) in [4.78, 5) is 19.3. The Bertz CT molecular complexity index is 773. The van der Waals surface area contributed by atoms with E-state index in [-0.39, 0.29) is 11.9 Å². The van der Waals surface area contributed by atoms with Crippen LogP contribution in [0.15, 0.2) is 30.6 Å². The lowest BCUT2D eigenvalue weighted by Gasteiger charge is -2.36. The molecule has 2 aliphatic rings. The second-order valence-corrected chi connectivity index (χ2v) is 6.36. The molecule has 1 N–H and O–H groups in total. The van der Waals surface area contributed by atoms with Crippen LogP contribution in [0.5, 0.6) is 11.5 Å². The number of piperazine rings is 1. The van der Waals surface area contributed by atoms with Gasteiger partial charge in [0.15, 0.2) is 11.5 Å². The van der Waals surface area contributed by atoms with E-state index in [4.69, 9.17) is 9.47 Å². The van der Waals surface area contributed by atoms with Crippen molar-refractivity contribution in [1.82, 2.24) is 19.8 Å². The summed E-state index contributed by atoms with van der Waals surface area (Å²) in [6.07, 6.45) is 4.03. The van der Waals surface area contributed by atoms with E-state index in [1.807, 2.05) is 40.9 Å². The van der Waals surface area contributed by atoms with Crippen molar-refractivity contribution in [2.75, 3.05) is 32.8 Å². The normalized spacial score (nSPS) is 19.7. The first-order valence-corrected chi connectivity index (χ1v) is 8.58. The van der Waals surface area contributed by atoms with Crippen LogP contribution in [0.25, 0.3) is 0 Å². The van der Waals surface area contributed by atoms with Crippen LogP contribution in [0.2, 0.25) is 0 Å². The maximum atomic E-state index is 12.9. The number of carbonyl (C=O) groups excluding carboxylic acids is 1. The minimum atomic E-state index is -0.0431. The SMILES string of the molecule is Cn1ccnc1C1CNCCN1C(=O)Cc1ccc2c(c1)OCCO2. The Balaban J connectivity index is 1.52. The molecule has 1 unspecified atom stereocenters. The summed E-state index contributed by atoms with van der Waals surface area (Å²) in [6.45, 7) is 3.31. The molecule has 3 heterocycles. The Morgan fingerprint density at radius 2 is 2.16 bits per heavy atom. The summed E-state index contributed by atoms with van der Waals surface area (Å²) in [5.74, 6) is 2.47. The number of imidazole rings is 1. The molecule has 1 amide bonds. The highest BCUT2D eigenvalue weighted by atomic mass is 16.6. The fourth-order valence-corrected chi connectivity index (χ4v) is 3.41. The van der Waals surface area contributed by atoms with Gasteiger partial charge in [0.2, 0.25) is 5.91 Å². The van der Waals surface area contributed by atoms with Gasteiger partial charge in [0.05, 0.1) is 6.42 Å². The standard InChI is InChI=1S/C18H22N4O3/c1-21-6-5-20-18(21)14-12-19-4-7-22(14)17(23)11-13-2-3-15-16(10-13)25-9-8-24-15/h2-3,5-6,10,14,19H,4,7-9,11-12H2,1H3. The van der Waals surface area contributed by atoms with Crippen LogP contribution in [0.4, 0.5) is 0 Å². The van der Waals surface area contributed by atoms with Crippen molar-refractivity contribution in [2.24, 2.45) is 7.05 Å². The van der Waals surface area contributed by atoms with Gasteiger partial charge in [-0.25, -0.2) is 4.98 Å². The summed E-state index contributed by atoms with van der Waals surface area (Å²) >= 11 is 0. The molecule has 7 heteroatoms. The van der Waals surface area contributed by atoms with Crippen molar-refractivity contribution in [3.8, 4) is 11.5 Å². The molecule has 7 nitrogen and oxygen atoms in total. The summed E-state index contributed by atoms with van der Waals surface area (Å²) in [6, 6.07) is 5.68. The molecule has 1 saturated heterocycles. The average Bonchev–Trinajstić information content (AvgIpc) is 3.07. The molecule has 0 bridgehead atoms. The molecular weight excluding hydrogens is 320 g/mol. The minimum Gasteiger partial charge on any atom is -0.486 e. The number of hydrogen-bond donors (Lipinski definition) is 1. The highest BCUT2D eigenvalue weighted by molar-refractivity contribution is 5.79. The Hall–Kier alpha value is -2.54. The predicted octanol–water partition coefficient (Wildman–Crippen LogP) is 0.907. The van der Waals surface area contributed by atoms with Gasteiger partial charge in [0.25, 0.3) is 0 Å². The first kappa shape index (κ1) is 16.0.